The van der Waals surface area contributed by atoms with Crippen LogP contribution in [0.4, 0.5) is 4.39 Å². The molecule has 0 saturated carbocycles. The van der Waals surface area contributed by atoms with E-state index in [1.54, 1.807) is 0 Å². The molecule has 0 radical (unpaired) electrons. The lowest BCUT2D eigenvalue weighted by molar-refractivity contribution is -0.0249. The lowest BCUT2D eigenvalue weighted by Crippen LogP contribution is -2.33. The minimum Gasteiger partial charge on any atom is -0.458 e. The predicted molar refractivity (Wildman–Crippen MR) is 48.5 cm³/mol. The zero-order valence-electron chi connectivity index (χ0n) is 8.17. The van der Waals surface area contributed by atoms with E-state index in [2.05, 4.69) is 4.98 Å². The van der Waals surface area contributed by atoms with Crippen molar-refractivity contribution in [3.05, 3.63) is 22.4 Å². The van der Waals surface area contributed by atoms with Crippen LogP contribution in [0.25, 0.3) is 0 Å². The summed E-state index contributed by atoms with van der Waals surface area (Å²) in [4.78, 5) is 14.5. The molecule has 2 bridgehead atoms. The van der Waals surface area contributed by atoms with Crippen molar-refractivity contribution in [2.24, 2.45) is 0 Å². The average Bonchev–Trinajstić information content (AvgIpc) is 2.60. The second-order valence-electron chi connectivity index (χ2n) is 3.79. The maximum atomic E-state index is 13.1. The van der Waals surface area contributed by atoms with E-state index in [-0.39, 0.29) is 18.7 Å². The van der Waals surface area contributed by atoms with E-state index in [9.17, 15) is 9.18 Å². The van der Waals surface area contributed by atoms with Crippen molar-refractivity contribution in [3.63, 3.8) is 0 Å². The number of aliphatic hydroxyl groups excluding tert-OH is 1. The fourth-order valence-electron chi connectivity index (χ4n) is 2.02. The van der Waals surface area contributed by atoms with E-state index in [0.717, 1.165) is 6.20 Å². The van der Waals surface area contributed by atoms with Gasteiger partial charge in [-0.05, 0) is 0 Å². The first-order chi connectivity index (χ1) is 7.69. The van der Waals surface area contributed by atoms with Crippen LogP contribution in [-0.2, 0) is 4.74 Å². The van der Waals surface area contributed by atoms with Gasteiger partial charge in [0.05, 0.1) is 12.8 Å². The highest BCUT2D eigenvalue weighted by atomic mass is 19.1. The van der Waals surface area contributed by atoms with Crippen molar-refractivity contribution in [2.45, 2.75) is 24.9 Å². The topological polar surface area (TPSA) is 73.6 Å². The average molecular weight is 228 g/mol. The molecule has 3 heterocycles. The summed E-state index contributed by atoms with van der Waals surface area (Å²) in [6, 6.07) is 0.0450. The minimum absolute atomic E-state index is 0.0450. The van der Waals surface area contributed by atoms with Crippen molar-refractivity contribution < 1.29 is 19.0 Å². The molecule has 1 N–H and O–H groups in total. The SMILES string of the molecule is O=c1nc2n(cc1F)[C@H]1C[C@@H](O2)[C@@H](CO)O1. The molecule has 1 fully saturated rings. The molecule has 0 unspecified atom stereocenters. The predicted octanol–water partition coefficient (Wildman–Crippen LogP) is -0.577. The summed E-state index contributed by atoms with van der Waals surface area (Å²) < 4.78 is 25.2. The first-order valence-corrected chi connectivity index (χ1v) is 4.90. The van der Waals surface area contributed by atoms with E-state index >= 15 is 0 Å². The Labute approximate surface area is 89.2 Å². The molecule has 3 rings (SSSR count). The molecule has 86 valence electrons. The summed E-state index contributed by atoms with van der Waals surface area (Å²) in [5.74, 6) is -0.943. The number of ether oxygens (including phenoxy) is 2. The molecule has 7 heteroatoms. The van der Waals surface area contributed by atoms with E-state index in [0.29, 0.717) is 6.42 Å². The maximum absolute atomic E-state index is 13.1. The number of hydrogen-bond acceptors (Lipinski definition) is 5. The molecule has 16 heavy (non-hydrogen) atoms. The van der Waals surface area contributed by atoms with Gasteiger partial charge in [0, 0.05) is 6.42 Å². The molecule has 2 aliphatic rings. The third-order valence-corrected chi connectivity index (χ3v) is 2.80. The molecular formula is C9H9FN2O4. The van der Waals surface area contributed by atoms with Crippen molar-refractivity contribution >= 4 is 0 Å². The Morgan fingerprint density at radius 1 is 1.69 bits per heavy atom. The van der Waals surface area contributed by atoms with Crippen molar-refractivity contribution in [1.29, 1.82) is 0 Å². The molecule has 0 aliphatic carbocycles. The molecule has 6 nitrogen and oxygen atoms in total. The standard InChI is InChI=1S/C9H9FN2O4/c10-4-2-12-7-1-5(6(3-13)15-7)16-9(12)11-8(4)14/h2,5-7,13H,1,3H2/t5-,6-,7-/m1/s1. The maximum Gasteiger partial charge on any atom is 0.311 e. The summed E-state index contributed by atoms with van der Waals surface area (Å²) >= 11 is 0. The van der Waals surface area contributed by atoms with Gasteiger partial charge in [-0.2, -0.15) is 9.37 Å². The van der Waals surface area contributed by atoms with Gasteiger partial charge in [-0.15, -0.1) is 0 Å². The van der Waals surface area contributed by atoms with Gasteiger partial charge in [0.1, 0.15) is 18.4 Å². The Hall–Kier alpha value is -1.47. The van der Waals surface area contributed by atoms with Gasteiger partial charge < -0.3 is 14.6 Å². The summed E-state index contributed by atoms with van der Waals surface area (Å²) in [5, 5.41) is 9.03. The van der Waals surface area contributed by atoms with Gasteiger partial charge in [-0.25, -0.2) is 0 Å². The Bertz CT molecular complexity index is 489. The third kappa shape index (κ3) is 1.25. The van der Waals surface area contributed by atoms with Crippen LogP contribution in [0.3, 0.4) is 0 Å². The van der Waals surface area contributed by atoms with Crippen LogP contribution >= 0.6 is 0 Å². The highest BCUT2D eigenvalue weighted by Gasteiger charge is 2.42. The Kier molecular flexibility index (Phi) is 1.98. The normalized spacial score (nSPS) is 31.0. The van der Waals surface area contributed by atoms with Gasteiger partial charge in [0.15, 0.2) is 0 Å². The smallest absolute Gasteiger partial charge is 0.311 e. The molecule has 1 aromatic rings. The number of hydrogen-bond donors (Lipinski definition) is 1. The molecule has 0 amide bonds. The van der Waals surface area contributed by atoms with Gasteiger partial charge in [-0.1, -0.05) is 0 Å². The van der Waals surface area contributed by atoms with Crippen molar-refractivity contribution in [3.8, 4) is 6.01 Å². The van der Waals surface area contributed by atoms with Crippen LogP contribution in [0.2, 0.25) is 0 Å². The van der Waals surface area contributed by atoms with Crippen molar-refractivity contribution in [2.75, 3.05) is 6.61 Å². The molecule has 0 spiro atoms. The second-order valence-corrected chi connectivity index (χ2v) is 3.79. The van der Waals surface area contributed by atoms with E-state index in [4.69, 9.17) is 14.6 Å². The van der Waals surface area contributed by atoms with Crippen LogP contribution in [0.5, 0.6) is 6.01 Å². The highest BCUT2D eigenvalue weighted by molar-refractivity contribution is 5.08. The van der Waals surface area contributed by atoms with Crippen molar-refractivity contribution in [1.82, 2.24) is 9.55 Å². The summed E-state index contributed by atoms with van der Waals surface area (Å²) in [6.45, 7) is -0.178. The number of halogens is 1. The van der Waals surface area contributed by atoms with Crippen LogP contribution in [0.1, 0.15) is 12.6 Å². The largest absolute Gasteiger partial charge is 0.458 e. The number of aromatic nitrogens is 2. The highest BCUT2D eigenvalue weighted by Crippen LogP contribution is 2.37. The fraction of sp³-hybridized carbons (Fsp3) is 0.556. The van der Waals surface area contributed by atoms with Crippen LogP contribution < -0.4 is 10.3 Å². The minimum atomic E-state index is -0.951. The fourth-order valence-corrected chi connectivity index (χ4v) is 2.02. The summed E-state index contributed by atoms with van der Waals surface area (Å²) in [5.41, 5.74) is -0.951. The monoisotopic (exact) mass is 228 g/mol. The van der Waals surface area contributed by atoms with Gasteiger partial charge >= 0.3 is 11.6 Å². The Morgan fingerprint density at radius 3 is 3.25 bits per heavy atom. The summed E-state index contributed by atoms with van der Waals surface area (Å²) in [6.07, 6.45) is 0.332. The van der Waals surface area contributed by atoms with Gasteiger partial charge in [0.2, 0.25) is 5.82 Å². The lowest BCUT2D eigenvalue weighted by atomic mass is 10.2. The van der Waals surface area contributed by atoms with E-state index in [1.807, 2.05) is 0 Å². The van der Waals surface area contributed by atoms with E-state index < -0.39 is 23.7 Å². The van der Waals surface area contributed by atoms with Gasteiger partial charge in [-0.3, -0.25) is 9.36 Å². The number of fused-ring (bicyclic) bond motifs is 4. The van der Waals surface area contributed by atoms with Crippen LogP contribution in [0, 0.1) is 5.82 Å². The molecule has 2 aliphatic heterocycles. The molecule has 1 aromatic heterocycles. The Morgan fingerprint density at radius 2 is 2.50 bits per heavy atom. The number of nitrogens with zero attached hydrogens (tertiary/aromatic N) is 2. The first kappa shape index (κ1) is 9.73. The Balaban J connectivity index is 2.06. The molecule has 3 atom stereocenters. The number of rotatable bonds is 1. The lowest BCUT2D eigenvalue weighted by Gasteiger charge is -2.23. The quantitative estimate of drug-likeness (QED) is 0.696. The van der Waals surface area contributed by atoms with E-state index in [1.165, 1.54) is 4.57 Å². The molecular weight excluding hydrogens is 219 g/mol. The zero-order chi connectivity index (χ0) is 11.3. The third-order valence-electron chi connectivity index (χ3n) is 2.80. The van der Waals surface area contributed by atoms with Gasteiger partial charge in [0.25, 0.3) is 0 Å². The molecule has 1 saturated heterocycles. The zero-order valence-corrected chi connectivity index (χ0v) is 8.17. The van der Waals surface area contributed by atoms with Crippen LogP contribution in [0.15, 0.2) is 11.0 Å². The molecule has 0 aromatic carbocycles. The second kappa shape index (κ2) is 3.26. The summed E-state index contributed by atoms with van der Waals surface area (Å²) in [7, 11) is 0. The number of aliphatic hydroxyl groups is 1. The van der Waals surface area contributed by atoms with Crippen LogP contribution in [-0.4, -0.2) is 33.5 Å². The first-order valence-electron chi connectivity index (χ1n) is 4.90.